The first-order valence-electron chi connectivity index (χ1n) is 6.98. The minimum atomic E-state index is 0.203. The second kappa shape index (κ2) is 8.39. The van der Waals surface area contributed by atoms with Crippen molar-refractivity contribution < 1.29 is 0 Å². The molecule has 0 aromatic carbocycles. The molecule has 0 saturated carbocycles. The molecule has 0 bridgehead atoms. The van der Waals surface area contributed by atoms with Crippen LogP contribution in [-0.4, -0.2) is 12.1 Å². The quantitative estimate of drug-likeness (QED) is 0.458. The van der Waals surface area contributed by atoms with Crippen molar-refractivity contribution >= 4 is 0 Å². The summed E-state index contributed by atoms with van der Waals surface area (Å²) < 4.78 is 0. The van der Waals surface area contributed by atoms with Gasteiger partial charge in [0.05, 0.1) is 0 Å². The summed E-state index contributed by atoms with van der Waals surface area (Å²) in [6, 6.07) is 3.03. The predicted octanol–water partition coefficient (Wildman–Crippen LogP) is 2.19. The molecule has 0 aromatic heterocycles. The first-order chi connectivity index (χ1) is 8.29. The van der Waals surface area contributed by atoms with Crippen LogP contribution in [0.5, 0.6) is 0 Å². The summed E-state index contributed by atoms with van der Waals surface area (Å²) in [5.41, 5.74) is 17.2. The third kappa shape index (κ3) is 8.38. The van der Waals surface area contributed by atoms with Gasteiger partial charge in [-0.3, -0.25) is 0 Å². The van der Waals surface area contributed by atoms with E-state index in [1.54, 1.807) is 0 Å². The van der Waals surface area contributed by atoms with Crippen LogP contribution in [0.2, 0.25) is 0 Å². The molecule has 0 amide bonds. The van der Waals surface area contributed by atoms with Crippen molar-refractivity contribution in [2.45, 2.75) is 71.9 Å². The molecule has 0 aliphatic heterocycles. The van der Waals surface area contributed by atoms with Crippen LogP contribution in [0.1, 0.15) is 59.8 Å². The van der Waals surface area contributed by atoms with E-state index in [9.17, 15) is 0 Å². The van der Waals surface area contributed by atoms with Crippen LogP contribution in [-0.2, 0) is 0 Å². The number of nitrogens with two attached hydrogens (primary N) is 3. The fourth-order valence-electron chi connectivity index (χ4n) is 2.66. The summed E-state index contributed by atoms with van der Waals surface area (Å²) in [7, 11) is 0. The van der Waals surface area contributed by atoms with Crippen molar-refractivity contribution in [2.75, 3.05) is 0 Å². The molecule has 0 rings (SSSR count). The Labute approximate surface area is 113 Å². The van der Waals surface area contributed by atoms with E-state index < -0.39 is 0 Å². The average molecular weight is 253 g/mol. The lowest BCUT2D eigenvalue weighted by atomic mass is 9.74. The Balaban J connectivity index is 4.47. The third-order valence-corrected chi connectivity index (χ3v) is 3.44. The molecule has 0 radical (unpaired) electrons. The molecule has 0 spiro atoms. The Bertz CT molecular complexity index is 275. The lowest BCUT2D eigenvalue weighted by molar-refractivity contribution is 0.215. The summed E-state index contributed by atoms with van der Waals surface area (Å²) in [6.07, 6.45) is 5.18. The summed E-state index contributed by atoms with van der Waals surface area (Å²) >= 11 is 0. The average Bonchev–Trinajstić information content (AvgIpc) is 2.22. The highest BCUT2D eigenvalue weighted by Gasteiger charge is 2.26. The Hall–Kier alpha value is -0.720. The van der Waals surface area contributed by atoms with Crippen LogP contribution in [0.4, 0.5) is 0 Å². The third-order valence-electron chi connectivity index (χ3n) is 3.44. The molecule has 0 saturated heterocycles. The zero-order valence-electron chi connectivity index (χ0n) is 12.5. The number of hydrogen-bond acceptors (Lipinski definition) is 3. The van der Waals surface area contributed by atoms with Crippen LogP contribution in [0, 0.1) is 23.3 Å². The van der Waals surface area contributed by atoms with Crippen molar-refractivity contribution in [3.05, 3.63) is 0 Å². The molecule has 0 aromatic rings. The lowest BCUT2D eigenvalue weighted by Crippen LogP contribution is -2.26. The van der Waals surface area contributed by atoms with E-state index in [0.717, 1.165) is 32.1 Å². The molecule has 0 aliphatic rings. The summed E-state index contributed by atoms with van der Waals surface area (Å²) in [4.78, 5) is 0. The molecular weight excluding hydrogens is 222 g/mol. The summed E-state index contributed by atoms with van der Waals surface area (Å²) in [5, 5.41) is 0. The zero-order valence-corrected chi connectivity index (χ0v) is 12.5. The van der Waals surface area contributed by atoms with Gasteiger partial charge in [-0.15, -0.1) is 0 Å². The van der Waals surface area contributed by atoms with Crippen LogP contribution < -0.4 is 17.2 Å². The Kier molecular flexibility index (Phi) is 8.06. The van der Waals surface area contributed by atoms with E-state index in [1.165, 1.54) is 0 Å². The van der Waals surface area contributed by atoms with Crippen molar-refractivity contribution in [3.63, 3.8) is 0 Å². The smallest absolute Gasteiger partial charge is 0.0161 e. The van der Waals surface area contributed by atoms with Gasteiger partial charge in [-0.2, -0.15) is 0 Å². The van der Waals surface area contributed by atoms with Crippen molar-refractivity contribution in [1.82, 2.24) is 0 Å². The molecule has 4 unspecified atom stereocenters. The van der Waals surface area contributed by atoms with Crippen LogP contribution in [0.25, 0.3) is 0 Å². The predicted molar refractivity (Wildman–Crippen MR) is 79.6 cm³/mol. The molecule has 3 heteroatoms. The minimum absolute atomic E-state index is 0.203. The van der Waals surface area contributed by atoms with Gasteiger partial charge in [0, 0.05) is 24.5 Å². The first-order valence-corrected chi connectivity index (χ1v) is 6.98. The van der Waals surface area contributed by atoms with Gasteiger partial charge >= 0.3 is 0 Å². The monoisotopic (exact) mass is 253 g/mol. The van der Waals surface area contributed by atoms with E-state index in [1.807, 2.05) is 0 Å². The molecule has 6 N–H and O–H groups in total. The van der Waals surface area contributed by atoms with Gasteiger partial charge in [0.15, 0.2) is 0 Å². The molecule has 18 heavy (non-hydrogen) atoms. The van der Waals surface area contributed by atoms with E-state index >= 15 is 0 Å². The minimum Gasteiger partial charge on any atom is -0.359 e. The lowest BCUT2D eigenvalue weighted by Gasteiger charge is -2.32. The number of rotatable bonds is 8. The Morgan fingerprint density at radius 1 is 1.11 bits per heavy atom. The normalized spacial score (nSPS) is 19.2. The molecule has 106 valence electrons. The van der Waals surface area contributed by atoms with Crippen molar-refractivity contribution in [2.24, 2.45) is 28.5 Å². The van der Waals surface area contributed by atoms with Crippen molar-refractivity contribution in [3.8, 4) is 12.0 Å². The second-order valence-electron chi connectivity index (χ2n) is 6.35. The van der Waals surface area contributed by atoms with E-state index in [2.05, 4.69) is 39.7 Å². The second-order valence-corrected chi connectivity index (χ2v) is 6.35. The van der Waals surface area contributed by atoms with Gasteiger partial charge in [-0.05, 0) is 50.9 Å². The Morgan fingerprint density at radius 3 is 2.17 bits per heavy atom. The van der Waals surface area contributed by atoms with Crippen LogP contribution >= 0.6 is 0 Å². The van der Waals surface area contributed by atoms with E-state index in [-0.39, 0.29) is 17.5 Å². The van der Waals surface area contributed by atoms with Gasteiger partial charge in [-0.25, -0.2) is 0 Å². The Morgan fingerprint density at radius 2 is 1.72 bits per heavy atom. The molecule has 0 heterocycles. The molecule has 4 atom stereocenters. The van der Waals surface area contributed by atoms with Gasteiger partial charge < -0.3 is 17.2 Å². The maximum atomic E-state index is 5.87. The highest BCUT2D eigenvalue weighted by molar-refractivity contribution is 4.99. The maximum absolute atomic E-state index is 5.87. The summed E-state index contributed by atoms with van der Waals surface area (Å²) in [5.74, 6) is 3.64. The van der Waals surface area contributed by atoms with Gasteiger partial charge in [0.25, 0.3) is 0 Å². The maximum Gasteiger partial charge on any atom is 0.0161 e. The zero-order chi connectivity index (χ0) is 14.2. The fraction of sp³-hybridized carbons (Fsp3) is 0.867. The van der Waals surface area contributed by atoms with Crippen LogP contribution in [0.3, 0.4) is 0 Å². The molecule has 0 fully saturated rings. The fourth-order valence-corrected chi connectivity index (χ4v) is 2.66. The topological polar surface area (TPSA) is 78.1 Å². The molecular formula is C15H31N3. The highest BCUT2D eigenvalue weighted by Crippen LogP contribution is 2.36. The van der Waals surface area contributed by atoms with Crippen molar-refractivity contribution in [1.29, 1.82) is 0 Å². The molecule has 0 aliphatic carbocycles. The SMILES string of the molecule is CC(N)CCC(C)(CC#CN)CC(C)CC(C)N. The first kappa shape index (κ1) is 17.3. The highest BCUT2D eigenvalue weighted by atomic mass is 14.6. The van der Waals surface area contributed by atoms with Gasteiger partial charge in [-0.1, -0.05) is 19.8 Å². The van der Waals surface area contributed by atoms with Gasteiger partial charge in [0.2, 0.25) is 0 Å². The van der Waals surface area contributed by atoms with E-state index in [0.29, 0.717) is 5.92 Å². The van der Waals surface area contributed by atoms with Gasteiger partial charge in [0.1, 0.15) is 0 Å². The van der Waals surface area contributed by atoms with Crippen LogP contribution in [0.15, 0.2) is 0 Å². The van der Waals surface area contributed by atoms with E-state index in [4.69, 9.17) is 17.2 Å². The summed E-state index contributed by atoms with van der Waals surface area (Å²) in [6.45, 7) is 8.68. The number of hydrogen-bond donors (Lipinski definition) is 3. The largest absolute Gasteiger partial charge is 0.359 e. The molecule has 3 nitrogen and oxygen atoms in total. The standard InChI is InChI=1S/C15H31N3/c1-12(10-14(3)18)11-15(4,7-5-9-16)8-6-13(2)17/h12-14H,6-8,10-11,16-18H2,1-4H3.